The standard InChI is InChI=1S/C20H23N3O3S/c24-18(21-14-17-6-5-13-27-17)19(25)22-16-9-7-15(8-10-16)20(26)23-11-3-1-2-4-12-23/h5-10,13H,1-4,11-12,14H2,(H,21,24)(H,22,25). The van der Waals surface area contributed by atoms with Gasteiger partial charge in [0, 0.05) is 29.2 Å². The number of likely N-dealkylation sites (tertiary alicyclic amines) is 1. The second-order valence-electron chi connectivity index (χ2n) is 6.50. The summed E-state index contributed by atoms with van der Waals surface area (Å²) in [5.41, 5.74) is 1.08. The van der Waals surface area contributed by atoms with Crippen LogP contribution in [0.15, 0.2) is 41.8 Å². The van der Waals surface area contributed by atoms with Crippen LogP contribution in [-0.4, -0.2) is 35.7 Å². The molecule has 1 aliphatic heterocycles. The van der Waals surface area contributed by atoms with E-state index in [0.29, 0.717) is 17.8 Å². The lowest BCUT2D eigenvalue weighted by Crippen LogP contribution is -2.34. The molecule has 0 saturated carbocycles. The molecule has 3 rings (SSSR count). The molecule has 1 saturated heterocycles. The summed E-state index contributed by atoms with van der Waals surface area (Å²) in [6.45, 7) is 1.91. The van der Waals surface area contributed by atoms with Crippen LogP contribution in [0.3, 0.4) is 0 Å². The number of thiophene rings is 1. The van der Waals surface area contributed by atoms with Crippen LogP contribution in [-0.2, 0) is 16.1 Å². The summed E-state index contributed by atoms with van der Waals surface area (Å²) < 4.78 is 0. The molecule has 3 amide bonds. The van der Waals surface area contributed by atoms with Gasteiger partial charge in [-0.15, -0.1) is 11.3 Å². The Morgan fingerprint density at radius 3 is 2.26 bits per heavy atom. The topological polar surface area (TPSA) is 78.5 Å². The Morgan fingerprint density at radius 2 is 1.63 bits per heavy atom. The van der Waals surface area contributed by atoms with Crippen molar-refractivity contribution in [2.24, 2.45) is 0 Å². The van der Waals surface area contributed by atoms with Crippen LogP contribution in [0.5, 0.6) is 0 Å². The van der Waals surface area contributed by atoms with E-state index in [2.05, 4.69) is 10.6 Å². The number of rotatable bonds is 4. The van der Waals surface area contributed by atoms with Crippen molar-refractivity contribution in [3.05, 3.63) is 52.2 Å². The minimum Gasteiger partial charge on any atom is -0.343 e. The first-order chi connectivity index (χ1) is 13.1. The second-order valence-corrected chi connectivity index (χ2v) is 7.53. The molecule has 142 valence electrons. The Balaban J connectivity index is 1.52. The minimum atomic E-state index is -0.724. The molecule has 1 aromatic carbocycles. The van der Waals surface area contributed by atoms with Crippen molar-refractivity contribution >= 4 is 34.7 Å². The smallest absolute Gasteiger partial charge is 0.313 e. The molecule has 0 aliphatic carbocycles. The molecule has 27 heavy (non-hydrogen) atoms. The van der Waals surface area contributed by atoms with Gasteiger partial charge in [0.25, 0.3) is 5.91 Å². The number of amides is 3. The van der Waals surface area contributed by atoms with E-state index < -0.39 is 11.8 Å². The van der Waals surface area contributed by atoms with E-state index in [4.69, 9.17) is 0 Å². The van der Waals surface area contributed by atoms with E-state index in [0.717, 1.165) is 30.8 Å². The highest BCUT2D eigenvalue weighted by atomic mass is 32.1. The maximum atomic E-state index is 12.6. The van der Waals surface area contributed by atoms with Crippen LogP contribution in [0.25, 0.3) is 0 Å². The first-order valence-electron chi connectivity index (χ1n) is 9.14. The molecule has 2 aromatic rings. The number of hydrogen-bond donors (Lipinski definition) is 2. The quantitative estimate of drug-likeness (QED) is 0.794. The van der Waals surface area contributed by atoms with Gasteiger partial charge in [0.15, 0.2) is 0 Å². The average molecular weight is 385 g/mol. The van der Waals surface area contributed by atoms with E-state index >= 15 is 0 Å². The largest absolute Gasteiger partial charge is 0.343 e. The molecule has 1 fully saturated rings. The zero-order chi connectivity index (χ0) is 19.1. The minimum absolute atomic E-state index is 0.0171. The number of nitrogens with one attached hydrogen (secondary N) is 2. The summed E-state index contributed by atoms with van der Waals surface area (Å²) in [5, 5.41) is 7.05. The molecule has 0 radical (unpaired) electrons. The Labute approximate surface area is 162 Å². The monoisotopic (exact) mass is 385 g/mol. The van der Waals surface area contributed by atoms with Crippen molar-refractivity contribution in [3.8, 4) is 0 Å². The lowest BCUT2D eigenvalue weighted by atomic mass is 10.1. The predicted octanol–water partition coefficient (Wildman–Crippen LogP) is 3.02. The van der Waals surface area contributed by atoms with Gasteiger partial charge in [-0.3, -0.25) is 14.4 Å². The van der Waals surface area contributed by atoms with Crippen molar-refractivity contribution < 1.29 is 14.4 Å². The number of hydrogen-bond acceptors (Lipinski definition) is 4. The molecule has 0 bridgehead atoms. The summed E-state index contributed by atoms with van der Waals surface area (Å²) >= 11 is 1.52. The van der Waals surface area contributed by atoms with Gasteiger partial charge in [-0.1, -0.05) is 18.9 Å². The van der Waals surface area contributed by atoms with Gasteiger partial charge in [-0.05, 0) is 48.6 Å². The first-order valence-corrected chi connectivity index (χ1v) is 10.0. The van der Waals surface area contributed by atoms with Crippen LogP contribution < -0.4 is 10.6 Å². The highest BCUT2D eigenvalue weighted by Crippen LogP contribution is 2.15. The third-order valence-corrected chi connectivity index (χ3v) is 5.37. The van der Waals surface area contributed by atoms with E-state index in [1.165, 1.54) is 24.2 Å². The second kappa shape index (κ2) is 9.32. The molecule has 0 unspecified atom stereocenters. The van der Waals surface area contributed by atoms with Crippen LogP contribution >= 0.6 is 11.3 Å². The number of anilines is 1. The molecule has 1 aromatic heterocycles. The van der Waals surface area contributed by atoms with Gasteiger partial charge in [0.1, 0.15) is 0 Å². The number of nitrogens with zero attached hydrogens (tertiary/aromatic N) is 1. The lowest BCUT2D eigenvalue weighted by molar-refractivity contribution is -0.136. The normalized spacial score (nSPS) is 14.3. The molecule has 2 heterocycles. The maximum Gasteiger partial charge on any atom is 0.313 e. The molecule has 1 aliphatic rings. The van der Waals surface area contributed by atoms with Gasteiger partial charge in [-0.25, -0.2) is 0 Å². The summed E-state index contributed by atoms with van der Waals surface area (Å²) in [4.78, 5) is 39.3. The highest BCUT2D eigenvalue weighted by Gasteiger charge is 2.18. The van der Waals surface area contributed by atoms with Crippen LogP contribution in [0.1, 0.15) is 40.9 Å². The molecule has 0 spiro atoms. The molecule has 6 nitrogen and oxygen atoms in total. The van der Waals surface area contributed by atoms with Crippen molar-refractivity contribution in [3.63, 3.8) is 0 Å². The van der Waals surface area contributed by atoms with Crippen LogP contribution in [0.4, 0.5) is 5.69 Å². The van der Waals surface area contributed by atoms with Crippen molar-refractivity contribution in [1.82, 2.24) is 10.2 Å². The van der Waals surface area contributed by atoms with Crippen molar-refractivity contribution in [1.29, 1.82) is 0 Å². The van der Waals surface area contributed by atoms with Crippen LogP contribution in [0.2, 0.25) is 0 Å². The third kappa shape index (κ3) is 5.40. The molecule has 7 heteroatoms. The van der Waals surface area contributed by atoms with Crippen molar-refractivity contribution in [2.45, 2.75) is 32.2 Å². The summed E-state index contributed by atoms with van der Waals surface area (Å²) in [7, 11) is 0. The van der Waals surface area contributed by atoms with Crippen molar-refractivity contribution in [2.75, 3.05) is 18.4 Å². The highest BCUT2D eigenvalue weighted by molar-refractivity contribution is 7.09. The van der Waals surface area contributed by atoms with E-state index in [1.54, 1.807) is 24.3 Å². The summed E-state index contributed by atoms with van der Waals surface area (Å²) in [6.07, 6.45) is 4.42. The zero-order valence-electron chi connectivity index (χ0n) is 15.1. The van der Waals surface area contributed by atoms with E-state index in [9.17, 15) is 14.4 Å². The Morgan fingerprint density at radius 1 is 0.926 bits per heavy atom. The molecule has 2 N–H and O–H groups in total. The number of carbonyl (C=O) groups excluding carboxylic acids is 3. The molecular formula is C20H23N3O3S. The van der Waals surface area contributed by atoms with Gasteiger partial charge in [0.05, 0.1) is 6.54 Å². The van der Waals surface area contributed by atoms with Gasteiger partial charge in [0.2, 0.25) is 0 Å². The fourth-order valence-electron chi connectivity index (χ4n) is 3.00. The maximum absolute atomic E-state index is 12.6. The van der Waals surface area contributed by atoms with Gasteiger partial charge in [-0.2, -0.15) is 0 Å². The fourth-order valence-corrected chi connectivity index (χ4v) is 3.65. The number of benzene rings is 1. The SMILES string of the molecule is O=C(NCc1cccs1)C(=O)Nc1ccc(C(=O)N2CCCCCC2)cc1. The fraction of sp³-hybridized carbons (Fsp3) is 0.350. The van der Waals surface area contributed by atoms with E-state index in [1.807, 2.05) is 22.4 Å². The Kier molecular flexibility index (Phi) is 6.59. The molecule has 0 atom stereocenters. The number of carbonyl (C=O) groups is 3. The first kappa shape index (κ1) is 19.1. The zero-order valence-corrected chi connectivity index (χ0v) is 15.9. The Bertz CT molecular complexity index is 779. The average Bonchev–Trinajstić information content (AvgIpc) is 3.06. The summed E-state index contributed by atoms with van der Waals surface area (Å²) in [5.74, 6) is -1.39. The predicted molar refractivity (Wildman–Crippen MR) is 106 cm³/mol. The van der Waals surface area contributed by atoms with E-state index in [-0.39, 0.29) is 5.91 Å². The lowest BCUT2D eigenvalue weighted by Gasteiger charge is -2.20. The third-order valence-electron chi connectivity index (χ3n) is 4.49. The van der Waals surface area contributed by atoms with Gasteiger partial charge < -0.3 is 15.5 Å². The van der Waals surface area contributed by atoms with Gasteiger partial charge >= 0.3 is 11.8 Å². The van der Waals surface area contributed by atoms with Crippen LogP contribution in [0, 0.1) is 0 Å². The Hall–Kier alpha value is -2.67. The molecular weight excluding hydrogens is 362 g/mol. The summed E-state index contributed by atoms with van der Waals surface area (Å²) in [6, 6.07) is 10.5.